The fraction of sp³-hybridized carbons (Fsp3) is 0.316. The number of aryl methyl sites for hydroxylation is 1. The molecule has 1 unspecified atom stereocenters. The number of benzene rings is 2. The number of hydrogen-bond donors (Lipinski definition) is 1. The van der Waals surface area contributed by atoms with Crippen molar-refractivity contribution in [2.45, 2.75) is 25.8 Å². The zero-order valence-corrected chi connectivity index (χ0v) is 15.0. The van der Waals surface area contributed by atoms with Crippen LogP contribution >= 0.6 is 11.6 Å². The molecule has 26 heavy (non-hydrogen) atoms. The second-order valence-corrected chi connectivity index (χ2v) is 6.89. The summed E-state index contributed by atoms with van der Waals surface area (Å²) < 4.78 is 5.36. The monoisotopic (exact) mass is 374 g/mol. The van der Waals surface area contributed by atoms with Crippen molar-refractivity contribution in [3.63, 3.8) is 0 Å². The van der Waals surface area contributed by atoms with Gasteiger partial charge in [0, 0.05) is 11.1 Å². The minimum absolute atomic E-state index is 0.0212. The molecule has 0 radical (unpaired) electrons. The quantitative estimate of drug-likeness (QED) is 0.581. The molecular weight excluding hydrogens is 356 g/mol. The van der Waals surface area contributed by atoms with Gasteiger partial charge in [-0.15, -0.1) is 0 Å². The molecule has 136 valence electrons. The number of ether oxygens (including phenoxy) is 1. The third kappa shape index (κ3) is 4.52. The first-order valence-electron chi connectivity index (χ1n) is 8.36. The van der Waals surface area contributed by atoms with Crippen LogP contribution in [0.4, 0.5) is 5.69 Å². The number of carbonyl (C=O) groups excluding carboxylic acids is 1. The van der Waals surface area contributed by atoms with Crippen LogP contribution in [-0.4, -0.2) is 17.4 Å². The van der Waals surface area contributed by atoms with Gasteiger partial charge in [-0.05, 0) is 43.4 Å². The second-order valence-electron chi connectivity index (χ2n) is 6.45. The van der Waals surface area contributed by atoms with Gasteiger partial charge in [-0.2, -0.15) is 0 Å². The van der Waals surface area contributed by atoms with E-state index in [1.807, 2.05) is 31.2 Å². The average Bonchev–Trinajstić information content (AvgIpc) is 3.44. The first-order chi connectivity index (χ1) is 12.4. The van der Waals surface area contributed by atoms with Crippen LogP contribution in [-0.2, 0) is 4.79 Å². The number of carbonyl (C=O) groups is 1. The van der Waals surface area contributed by atoms with Crippen molar-refractivity contribution in [1.29, 1.82) is 0 Å². The molecule has 0 saturated heterocycles. The van der Waals surface area contributed by atoms with Gasteiger partial charge in [0.05, 0.1) is 11.0 Å². The number of halogens is 1. The van der Waals surface area contributed by atoms with E-state index in [2.05, 4.69) is 5.32 Å². The lowest BCUT2D eigenvalue weighted by atomic mass is 10.0. The predicted octanol–water partition coefficient (Wildman–Crippen LogP) is 4.20. The fourth-order valence-electron chi connectivity index (χ4n) is 2.79. The van der Waals surface area contributed by atoms with Gasteiger partial charge in [0.15, 0.2) is 12.4 Å². The molecule has 1 aliphatic carbocycles. The standard InChI is InChI=1S/C19H19ClN2O4/c1-12-2-4-13(5-3-12)19(14-6-7-14)21-18(23)11-26-17-9-8-15(20)10-16(17)22(24)25/h2-5,8-10,14,19H,6-7,11H2,1H3,(H,21,23). The van der Waals surface area contributed by atoms with E-state index < -0.39 is 4.92 Å². The van der Waals surface area contributed by atoms with Crippen molar-refractivity contribution in [2.75, 3.05) is 6.61 Å². The van der Waals surface area contributed by atoms with Crippen LogP contribution in [0.1, 0.15) is 30.0 Å². The van der Waals surface area contributed by atoms with Crippen molar-refractivity contribution < 1.29 is 14.5 Å². The maximum atomic E-state index is 12.3. The van der Waals surface area contributed by atoms with E-state index in [4.69, 9.17) is 16.3 Å². The van der Waals surface area contributed by atoms with Gasteiger partial charge in [0.1, 0.15) is 0 Å². The minimum atomic E-state index is -0.585. The topological polar surface area (TPSA) is 81.5 Å². The number of nitro groups is 1. The van der Waals surface area contributed by atoms with Crippen LogP contribution in [0.15, 0.2) is 42.5 Å². The SMILES string of the molecule is Cc1ccc(C(NC(=O)COc2ccc(Cl)cc2[N+](=O)[O-])C2CC2)cc1. The normalized spacial score (nSPS) is 14.5. The summed E-state index contributed by atoms with van der Waals surface area (Å²) in [5.41, 5.74) is 1.96. The number of rotatable bonds is 7. The van der Waals surface area contributed by atoms with Crippen LogP contribution in [0, 0.1) is 23.0 Å². The first kappa shape index (κ1) is 18.2. The van der Waals surface area contributed by atoms with Gasteiger partial charge in [-0.25, -0.2) is 0 Å². The van der Waals surface area contributed by atoms with E-state index >= 15 is 0 Å². The van der Waals surface area contributed by atoms with E-state index in [0.717, 1.165) is 24.0 Å². The van der Waals surface area contributed by atoms with Gasteiger partial charge in [-0.3, -0.25) is 14.9 Å². The minimum Gasteiger partial charge on any atom is -0.477 e. The van der Waals surface area contributed by atoms with E-state index in [1.165, 1.54) is 18.2 Å². The van der Waals surface area contributed by atoms with Crippen molar-refractivity contribution in [3.05, 3.63) is 68.7 Å². The van der Waals surface area contributed by atoms with E-state index in [-0.39, 0.29) is 35.0 Å². The van der Waals surface area contributed by atoms with Crippen LogP contribution in [0.2, 0.25) is 5.02 Å². The third-order valence-electron chi connectivity index (χ3n) is 4.32. The number of hydrogen-bond acceptors (Lipinski definition) is 4. The highest BCUT2D eigenvalue weighted by atomic mass is 35.5. The Kier molecular flexibility index (Phi) is 5.42. The summed E-state index contributed by atoms with van der Waals surface area (Å²) in [6, 6.07) is 12.1. The molecule has 6 nitrogen and oxygen atoms in total. The Balaban J connectivity index is 1.65. The molecule has 1 saturated carbocycles. The molecule has 0 aliphatic heterocycles. The van der Waals surface area contributed by atoms with Gasteiger partial charge in [0.25, 0.3) is 5.91 Å². The number of amides is 1. The number of nitrogens with one attached hydrogen (secondary N) is 1. The summed E-state index contributed by atoms with van der Waals surface area (Å²) in [6.07, 6.45) is 2.14. The first-order valence-corrected chi connectivity index (χ1v) is 8.74. The Bertz CT molecular complexity index is 819. The molecule has 3 rings (SSSR count). The Labute approximate surface area is 156 Å². The fourth-order valence-corrected chi connectivity index (χ4v) is 2.96. The zero-order valence-electron chi connectivity index (χ0n) is 14.3. The Morgan fingerprint density at radius 3 is 2.62 bits per heavy atom. The largest absolute Gasteiger partial charge is 0.477 e. The lowest BCUT2D eigenvalue weighted by molar-refractivity contribution is -0.385. The molecule has 1 fully saturated rings. The maximum absolute atomic E-state index is 12.3. The molecule has 0 heterocycles. The highest BCUT2D eigenvalue weighted by Crippen LogP contribution is 2.41. The lowest BCUT2D eigenvalue weighted by Crippen LogP contribution is -2.33. The van der Waals surface area contributed by atoms with Gasteiger partial charge < -0.3 is 10.1 Å². The summed E-state index contributed by atoms with van der Waals surface area (Å²) in [4.78, 5) is 22.8. The Hall–Kier alpha value is -2.60. The molecule has 7 heteroatoms. The number of nitro benzene ring substituents is 1. The summed E-state index contributed by atoms with van der Waals surface area (Å²) >= 11 is 5.77. The van der Waals surface area contributed by atoms with E-state index in [9.17, 15) is 14.9 Å². The molecule has 1 amide bonds. The maximum Gasteiger partial charge on any atom is 0.312 e. The summed E-state index contributed by atoms with van der Waals surface area (Å²) in [5, 5.41) is 14.3. The van der Waals surface area contributed by atoms with Crippen molar-refractivity contribution in [3.8, 4) is 5.75 Å². The molecule has 0 spiro atoms. The van der Waals surface area contributed by atoms with E-state index in [1.54, 1.807) is 0 Å². The molecule has 1 aliphatic rings. The van der Waals surface area contributed by atoms with Gasteiger partial charge in [-0.1, -0.05) is 41.4 Å². The molecule has 0 bridgehead atoms. The molecule has 2 aromatic rings. The Morgan fingerprint density at radius 2 is 2.00 bits per heavy atom. The zero-order chi connectivity index (χ0) is 18.7. The van der Waals surface area contributed by atoms with Crippen molar-refractivity contribution >= 4 is 23.2 Å². The molecule has 0 aromatic heterocycles. The van der Waals surface area contributed by atoms with Crippen LogP contribution in [0.3, 0.4) is 0 Å². The average molecular weight is 375 g/mol. The number of nitrogens with zero attached hydrogens (tertiary/aromatic N) is 1. The van der Waals surface area contributed by atoms with Crippen LogP contribution in [0.5, 0.6) is 5.75 Å². The highest BCUT2D eigenvalue weighted by molar-refractivity contribution is 6.30. The third-order valence-corrected chi connectivity index (χ3v) is 4.56. The molecular formula is C19H19ClN2O4. The molecule has 1 atom stereocenters. The van der Waals surface area contributed by atoms with E-state index in [0.29, 0.717) is 5.92 Å². The summed E-state index contributed by atoms with van der Waals surface area (Å²) in [6.45, 7) is 1.72. The molecule has 2 aromatic carbocycles. The van der Waals surface area contributed by atoms with Crippen molar-refractivity contribution in [2.24, 2.45) is 5.92 Å². The predicted molar refractivity (Wildman–Crippen MR) is 98.4 cm³/mol. The van der Waals surface area contributed by atoms with Gasteiger partial charge >= 0.3 is 5.69 Å². The van der Waals surface area contributed by atoms with Crippen molar-refractivity contribution in [1.82, 2.24) is 5.32 Å². The smallest absolute Gasteiger partial charge is 0.312 e. The molecule has 1 N–H and O–H groups in total. The lowest BCUT2D eigenvalue weighted by Gasteiger charge is -2.19. The highest BCUT2D eigenvalue weighted by Gasteiger charge is 2.33. The van der Waals surface area contributed by atoms with Crippen LogP contribution in [0.25, 0.3) is 0 Å². The van der Waals surface area contributed by atoms with Gasteiger partial charge in [0.2, 0.25) is 0 Å². The second kappa shape index (κ2) is 7.74. The van der Waals surface area contributed by atoms with Crippen LogP contribution < -0.4 is 10.1 Å². The Morgan fingerprint density at radius 1 is 1.31 bits per heavy atom. The summed E-state index contributed by atoms with van der Waals surface area (Å²) in [7, 11) is 0. The summed E-state index contributed by atoms with van der Waals surface area (Å²) in [5.74, 6) is 0.131.